The summed E-state index contributed by atoms with van der Waals surface area (Å²) in [7, 11) is 2.86. The van der Waals surface area contributed by atoms with Crippen LogP contribution in [0.5, 0.6) is 0 Å². The van der Waals surface area contributed by atoms with Crippen LogP contribution < -0.4 is 5.32 Å². The molecule has 8 nitrogen and oxygen atoms in total. The van der Waals surface area contributed by atoms with Gasteiger partial charge in [0.15, 0.2) is 0 Å². The number of methoxy groups -OCH3 is 1. The number of likely N-dealkylation sites (N-methyl/N-ethyl adjacent to an activating group) is 1. The molecular weight excluding hydrogens is 362 g/mol. The molecule has 1 fully saturated rings. The molecule has 2 atom stereocenters. The van der Waals surface area contributed by atoms with Gasteiger partial charge in [-0.25, -0.2) is 4.79 Å². The van der Waals surface area contributed by atoms with E-state index in [0.29, 0.717) is 25.9 Å². The first-order valence-corrected chi connectivity index (χ1v) is 10.5. The minimum Gasteiger partial charge on any atom is -0.468 e. The van der Waals surface area contributed by atoms with E-state index in [-0.39, 0.29) is 24.5 Å². The van der Waals surface area contributed by atoms with E-state index in [2.05, 4.69) is 17.0 Å². The third kappa shape index (κ3) is 8.14. The standard InChI is InChI=1S/C20H37N3O5/c1-4-5-6-7-10-16(24)12-14-23-17(19(26)22(2)20(23)27)11-8-9-13-21-15-18(25)28-3/h16-17,21,24H,4-15H2,1-3H3. The molecule has 8 heteroatoms. The Hall–Kier alpha value is -1.67. The van der Waals surface area contributed by atoms with E-state index in [9.17, 15) is 19.5 Å². The summed E-state index contributed by atoms with van der Waals surface area (Å²) in [5.74, 6) is -0.484. The van der Waals surface area contributed by atoms with Gasteiger partial charge in [0.25, 0.3) is 5.91 Å². The Kier molecular flexibility index (Phi) is 11.7. The lowest BCUT2D eigenvalue weighted by Gasteiger charge is -2.23. The van der Waals surface area contributed by atoms with Crippen molar-refractivity contribution in [3.05, 3.63) is 0 Å². The van der Waals surface area contributed by atoms with Crippen LogP contribution in [0.15, 0.2) is 0 Å². The van der Waals surface area contributed by atoms with Gasteiger partial charge in [0.05, 0.1) is 19.8 Å². The van der Waals surface area contributed by atoms with E-state index >= 15 is 0 Å². The zero-order chi connectivity index (χ0) is 20.9. The van der Waals surface area contributed by atoms with Gasteiger partial charge < -0.3 is 20.1 Å². The van der Waals surface area contributed by atoms with Crippen molar-refractivity contribution >= 4 is 17.9 Å². The smallest absolute Gasteiger partial charge is 0.327 e. The highest BCUT2D eigenvalue weighted by molar-refractivity contribution is 6.03. The molecule has 1 saturated heterocycles. The molecule has 0 bridgehead atoms. The van der Waals surface area contributed by atoms with Crippen LogP contribution in [0.2, 0.25) is 0 Å². The molecule has 2 unspecified atom stereocenters. The Morgan fingerprint density at radius 2 is 1.93 bits per heavy atom. The first-order chi connectivity index (χ1) is 13.4. The molecule has 28 heavy (non-hydrogen) atoms. The highest BCUT2D eigenvalue weighted by atomic mass is 16.5. The SMILES string of the molecule is CCCCCCC(O)CCN1C(=O)N(C)C(=O)C1CCCCNCC(=O)OC. The van der Waals surface area contributed by atoms with Crippen LogP contribution in [-0.2, 0) is 14.3 Å². The average Bonchev–Trinajstić information content (AvgIpc) is 2.89. The van der Waals surface area contributed by atoms with E-state index in [4.69, 9.17) is 0 Å². The number of nitrogens with one attached hydrogen (secondary N) is 1. The van der Waals surface area contributed by atoms with Crippen molar-refractivity contribution in [3.8, 4) is 0 Å². The lowest BCUT2D eigenvalue weighted by Crippen LogP contribution is -2.37. The molecule has 0 aromatic rings. The summed E-state index contributed by atoms with van der Waals surface area (Å²) in [4.78, 5) is 38.6. The Bertz CT molecular complexity index is 500. The van der Waals surface area contributed by atoms with Gasteiger partial charge in [0, 0.05) is 13.6 Å². The number of ether oxygens (including phenoxy) is 1. The molecule has 0 aromatic heterocycles. The van der Waals surface area contributed by atoms with Gasteiger partial charge in [-0.15, -0.1) is 0 Å². The number of imide groups is 1. The number of carbonyl (C=O) groups is 3. The lowest BCUT2D eigenvalue weighted by atomic mass is 10.1. The fourth-order valence-corrected chi connectivity index (χ4v) is 3.40. The second-order valence-corrected chi connectivity index (χ2v) is 7.43. The number of aliphatic hydroxyl groups is 1. The van der Waals surface area contributed by atoms with E-state index in [1.165, 1.54) is 25.5 Å². The van der Waals surface area contributed by atoms with E-state index in [1.807, 2.05) is 0 Å². The van der Waals surface area contributed by atoms with Crippen molar-refractivity contribution in [2.24, 2.45) is 0 Å². The molecule has 1 aliphatic rings. The van der Waals surface area contributed by atoms with Crippen molar-refractivity contribution < 1.29 is 24.2 Å². The second-order valence-electron chi connectivity index (χ2n) is 7.43. The van der Waals surface area contributed by atoms with Crippen molar-refractivity contribution in [2.75, 3.05) is 33.8 Å². The van der Waals surface area contributed by atoms with Crippen LogP contribution in [0, 0.1) is 0 Å². The van der Waals surface area contributed by atoms with Crippen molar-refractivity contribution in [3.63, 3.8) is 0 Å². The molecule has 2 N–H and O–H groups in total. The Morgan fingerprint density at radius 1 is 1.18 bits per heavy atom. The van der Waals surface area contributed by atoms with Crippen LogP contribution >= 0.6 is 0 Å². The van der Waals surface area contributed by atoms with Crippen molar-refractivity contribution in [1.82, 2.24) is 15.1 Å². The first-order valence-electron chi connectivity index (χ1n) is 10.5. The molecule has 1 heterocycles. The number of aliphatic hydroxyl groups excluding tert-OH is 1. The summed E-state index contributed by atoms with van der Waals surface area (Å²) >= 11 is 0. The monoisotopic (exact) mass is 399 g/mol. The second kappa shape index (κ2) is 13.5. The summed E-state index contributed by atoms with van der Waals surface area (Å²) in [5.41, 5.74) is 0. The average molecular weight is 400 g/mol. The van der Waals surface area contributed by atoms with Crippen LogP contribution in [0.1, 0.15) is 64.7 Å². The topological polar surface area (TPSA) is 99.2 Å². The first kappa shape index (κ1) is 24.4. The van der Waals surface area contributed by atoms with E-state index in [1.54, 1.807) is 4.90 Å². The fourth-order valence-electron chi connectivity index (χ4n) is 3.40. The summed E-state index contributed by atoms with van der Waals surface area (Å²) < 4.78 is 4.56. The van der Waals surface area contributed by atoms with Crippen LogP contribution in [-0.4, -0.2) is 78.8 Å². The van der Waals surface area contributed by atoms with Crippen LogP contribution in [0.4, 0.5) is 4.79 Å². The molecule has 1 rings (SSSR count). The van der Waals surface area contributed by atoms with E-state index < -0.39 is 12.1 Å². The third-order valence-corrected chi connectivity index (χ3v) is 5.20. The summed E-state index contributed by atoms with van der Waals surface area (Å²) in [5, 5.41) is 13.2. The predicted molar refractivity (Wildman–Crippen MR) is 107 cm³/mol. The maximum Gasteiger partial charge on any atom is 0.327 e. The lowest BCUT2D eigenvalue weighted by molar-refractivity contribution is -0.139. The zero-order valence-corrected chi connectivity index (χ0v) is 17.6. The Balaban J connectivity index is 2.37. The molecule has 0 radical (unpaired) electrons. The van der Waals surface area contributed by atoms with Crippen molar-refractivity contribution in [1.29, 1.82) is 0 Å². The maximum atomic E-state index is 12.4. The summed E-state index contributed by atoms with van der Waals surface area (Å²) in [6.07, 6.45) is 7.39. The van der Waals surface area contributed by atoms with Gasteiger partial charge >= 0.3 is 12.0 Å². The number of rotatable bonds is 15. The molecule has 0 aromatic carbocycles. The van der Waals surface area contributed by atoms with Gasteiger partial charge in [-0.3, -0.25) is 14.5 Å². The number of amides is 3. The third-order valence-electron chi connectivity index (χ3n) is 5.20. The summed E-state index contributed by atoms with van der Waals surface area (Å²) in [6, 6.07) is -0.734. The van der Waals surface area contributed by atoms with Crippen molar-refractivity contribution in [2.45, 2.75) is 76.9 Å². The number of esters is 1. The molecule has 0 spiro atoms. The number of hydrogen-bond acceptors (Lipinski definition) is 6. The van der Waals surface area contributed by atoms with Gasteiger partial charge in [0.1, 0.15) is 6.04 Å². The van der Waals surface area contributed by atoms with E-state index in [0.717, 1.165) is 38.5 Å². The number of carbonyl (C=O) groups excluding carboxylic acids is 3. The molecule has 0 aliphatic carbocycles. The Morgan fingerprint density at radius 3 is 2.61 bits per heavy atom. The largest absolute Gasteiger partial charge is 0.468 e. The van der Waals surface area contributed by atoms with Crippen LogP contribution in [0.25, 0.3) is 0 Å². The fraction of sp³-hybridized carbons (Fsp3) is 0.850. The molecular formula is C20H37N3O5. The highest BCUT2D eigenvalue weighted by Gasteiger charge is 2.42. The number of nitrogens with zero attached hydrogens (tertiary/aromatic N) is 2. The maximum absolute atomic E-state index is 12.4. The normalized spacial score (nSPS) is 18.1. The number of unbranched alkanes of at least 4 members (excludes halogenated alkanes) is 4. The highest BCUT2D eigenvalue weighted by Crippen LogP contribution is 2.22. The molecule has 0 saturated carbocycles. The summed E-state index contributed by atoms with van der Waals surface area (Å²) in [6.45, 7) is 3.37. The van der Waals surface area contributed by atoms with Gasteiger partial charge in [-0.05, 0) is 38.6 Å². The molecule has 3 amide bonds. The predicted octanol–water partition coefficient (Wildman–Crippen LogP) is 1.90. The Labute approximate surface area is 168 Å². The molecule has 162 valence electrons. The number of hydrogen-bond donors (Lipinski definition) is 2. The van der Waals surface area contributed by atoms with Crippen LogP contribution in [0.3, 0.4) is 0 Å². The zero-order valence-electron chi connectivity index (χ0n) is 17.6. The minimum atomic E-state index is -0.453. The number of urea groups is 1. The minimum absolute atomic E-state index is 0.169. The molecule has 1 aliphatic heterocycles. The van der Waals surface area contributed by atoms with Gasteiger partial charge in [0.2, 0.25) is 0 Å². The van der Waals surface area contributed by atoms with Gasteiger partial charge in [-0.1, -0.05) is 32.6 Å². The quantitative estimate of drug-likeness (QED) is 0.248. The van der Waals surface area contributed by atoms with Gasteiger partial charge in [-0.2, -0.15) is 0 Å².